The summed E-state index contributed by atoms with van der Waals surface area (Å²) in [5.41, 5.74) is 0.119. The zero-order valence-corrected chi connectivity index (χ0v) is 10.4. The van der Waals surface area contributed by atoms with E-state index in [1.54, 1.807) is 0 Å². The van der Waals surface area contributed by atoms with Gasteiger partial charge in [0.1, 0.15) is 0 Å². The maximum absolute atomic E-state index is 11.7. The van der Waals surface area contributed by atoms with E-state index in [1.807, 2.05) is 0 Å². The van der Waals surface area contributed by atoms with Crippen LogP contribution >= 0.6 is 0 Å². The second-order valence-electron chi connectivity index (χ2n) is 5.03. The lowest BCUT2D eigenvalue weighted by Crippen LogP contribution is -2.66. The van der Waals surface area contributed by atoms with Gasteiger partial charge in [-0.3, -0.25) is 10.1 Å². The van der Waals surface area contributed by atoms with E-state index in [-0.39, 0.29) is 17.5 Å². The maximum atomic E-state index is 11.7. The van der Waals surface area contributed by atoms with E-state index in [1.165, 1.54) is 0 Å². The molecule has 0 bridgehead atoms. The topological polar surface area (TPSA) is 41.1 Å². The number of nitrogens with one attached hydrogen (secondary N) is 2. The van der Waals surface area contributed by atoms with Gasteiger partial charge in [-0.15, -0.1) is 0 Å². The van der Waals surface area contributed by atoms with Gasteiger partial charge < -0.3 is 5.32 Å². The second-order valence-corrected chi connectivity index (χ2v) is 5.03. The monoisotopic (exact) mass is 212 g/mol. The van der Waals surface area contributed by atoms with Crippen molar-refractivity contribution in [1.29, 1.82) is 0 Å². The van der Waals surface area contributed by atoms with E-state index in [4.69, 9.17) is 0 Å². The quantitative estimate of drug-likeness (QED) is 0.744. The van der Waals surface area contributed by atoms with Crippen LogP contribution < -0.4 is 10.6 Å². The molecule has 1 amide bonds. The standard InChI is InChI=1S/C12H24N2O/c1-5-12(6-2)8-13-11(15)10(14-12)7-9(3)4/h9-10,14H,5-8H2,1-4H3,(H,13,15)/t10-/m0/s1. The summed E-state index contributed by atoms with van der Waals surface area (Å²) in [5.74, 6) is 0.721. The first kappa shape index (κ1) is 12.5. The highest BCUT2D eigenvalue weighted by atomic mass is 16.2. The molecule has 1 aliphatic heterocycles. The average molecular weight is 212 g/mol. The van der Waals surface area contributed by atoms with Crippen molar-refractivity contribution >= 4 is 5.91 Å². The van der Waals surface area contributed by atoms with Crippen molar-refractivity contribution in [3.8, 4) is 0 Å². The Labute approximate surface area is 93.0 Å². The van der Waals surface area contributed by atoms with Crippen LogP contribution in [0.25, 0.3) is 0 Å². The van der Waals surface area contributed by atoms with E-state index in [0.29, 0.717) is 5.92 Å². The molecule has 2 N–H and O–H groups in total. The average Bonchev–Trinajstić information content (AvgIpc) is 2.21. The molecule has 0 aromatic heterocycles. The maximum Gasteiger partial charge on any atom is 0.237 e. The molecule has 15 heavy (non-hydrogen) atoms. The summed E-state index contributed by atoms with van der Waals surface area (Å²) in [6, 6.07) is -0.00125. The Bertz CT molecular complexity index is 222. The summed E-state index contributed by atoms with van der Waals surface area (Å²) < 4.78 is 0. The summed E-state index contributed by atoms with van der Waals surface area (Å²) >= 11 is 0. The Balaban J connectivity index is 2.66. The van der Waals surface area contributed by atoms with Crippen LogP contribution in [-0.2, 0) is 4.79 Å². The predicted octanol–water partition coefficient (Wildman–Crippen LogP) is 1.68. The van der Waals surface area contributed by atoms with Crippen LogP contribution in [0, 0.1) is 5.92 Å². The van der Waals surface area contributed by atoms with Gasteiger partial charge in [0.2, 0.25) is 5.91 Å². The van der Waals surface area contributed by atoms with Crippen molar-refractivity contribution < 1.29 is 4.79 Å². The number of piperazine rings is 1. The number of hydrogen-bond donors (Lipinski definition) is 2. The van der Waals surface area contributed by atoms with E-state index in [2.05, 4.69) is 38.3 Å². The van der Waals surface area contributed by atoms with Crippen LogP contribution in [0.3, 0.4) is 0 Å². The zero-order valence-electron chi connectivity index (χ0n) is 10.4. The molecule has 0 aliphatic carbocycles. The van der Waals surface area contributed by atoms with Crippen LogP contribution in [0.1, 0.15) is 47.0 Å². The fraction of sp³-hybridized carbons (Fsp3) is 0.917. The molecule has 1 rings (SSSR count). The molecule has 0 unspecified atom stereocenters. The molecule has 0 aromatic carbocycles. The molecular formula is C12H24N2O. The highest BCUT2D eigenvalue weighted by Gasteiger charge is 2.36. The fourth-order valence-corrected chi connectivity index (χ4v) is 2.21. The van der Waals surface area contributed by atoms with E-state index >= 15 is 0 Å². The van der Waals surface area contributed by atoms with Crippen molar-refractivity contribution in [2.24, 2.45) is 5.92 Å². The van der Waals surface area contributed by atoms with Gasteiger partial charge in [0.05, 0.1) is 6.04 Å². The van der Waals surface area contributed by atoms with Gasteiger partial charge in [-0.25, -0.2) is 0 Å². The van der Waals surface area contributed by atoms with Gasteiger partial charge in [-0.05, 0) is 25.2 Å². The van der Waals surface area contributed by atoms with Crippen molar-refractivity contribution in [3.63, 3.8) is 0 Å². The van der Waals surface area contributed by atoms with Gasteiger partial charge in [0.15, 0.2) is 0 Å². The van der Waals surface area contributed by atoms with Crippen LogP contribution in [0.2, 0.25) is 0 Å². The van der Waals surface area contributed by atoms with E-state index in [0.717, 1.165) is 25.8 Å². The molecule has 1 atom stereocenters. The van der Waals surface area contributed by atoms with Crippen molar-refractivity contribution in [1.82, 2.24) is 10.6 Å². The first-order valence-electron chi connectivity index (χ1n) is 6.08. The normalized spacial score (nSPS) is 25.4. The smallest absolute Gasteiger partial charge is 0.237 e. The number of carbonyl (C=O) groups excluding carboxylic acids is 1. The molecule has 1 fully saturated rings. The minimum atomic E-state index is -0.00125. The first-order valence-corrected chi connectivity index (χ1v) is 6.08. The van der Waals surface area contributed by atoms with Crippen molar-refractivity contribution in [2.45, 2.75) is 58.5 Å². The minimum absolute atomic E-state index is 0.00125. The Hall–Kier alpha value is -0.570. The van der Waals surface area contributed by atoms with Crippen LogP contribution in [0.4, 0.5) is 0 Å². The highest BCUT2D eigenvalue weighted by Crippen LogP contribution is 2.20. The fourth-order valence-electron chi connectivity index (χ4n) is 2.21. The SMILES string of the molecule is CCC1(CC)CNC(=O)[C@H](CC(C)C)N1. The highest BCUT2D eigenvalue weighted by molar-refractivity contribution is 5.82. The van der Waals surface area contributed by atoms with Crippen LogP contribution in [0.15, 0.2) is 0 Å². The molecule has 0 spiro atoms. The predicted molar refractivity (Wildman–Crippen MR) is 62.7 cm³/mol. The Morgan fingerprint density at radius 1 is 1.40 bits per heavy atom. The summed E-state index contributed by atoms with van der Waals surface area (Å²) in [6.45, 7) is 9.44. The lowest BCUT2D eigenvalue weighted by atomic mass is 9.87. The van der Waals surface area contributed by atoms with Gasteiger partial charge >= 0.3 is 0 Å². The molecule has 0 saturated carbocycles. The van der Waals surface area contributed by atoms with E-state index < -0.39 is 0 Å². The van der Waals surface area contributed by atoms with Gasteiger partial charge in [0, 0.05) is 12.1 Å². The summed E-state index contributed by atoms with van der Waals surface area (Å²) in [4.78, 5) is 11.7. The molecule has 1 heterocycles. The van der Waals surface area contributed by atoms with Crippen LogP contribution in [0.5, 0.6) is 0 Å². The third-order valence-electron chi connectivity index (χ3n) is 3.46. The molecule has 3 nitrogen and oxygen atoms in total. The third-order valence-corrected chi connectivity index (χ3v) is 3.46. The van der Waals surface area contributed by atoms with Crippen LogP contribution in [-0.4, -0.2) is 24.0 Å². The number of carbonyl (C=O) groups is 1. The molecule has 1 aliphatic rings. The third kappa shape index (κ3) is 2.94. The molecule has 0 radical (unpaired) electrons. The van der Waals surface area contributed by atoms with Crippen molar-refractivity contribution in [2.75, 3.05) is 6.54 Å². The van der Waals surface area contributed by atoms with E-state index in [9.17, 15) is 4.79 Å². The lowest BCUT2D eigenvalue weighted by Gasteiger charge is -2.41. The molecule has 1 saturated heterocycles. The second kappa shape index (κ2) is 4.97. The minimum Gasteiger partial charge on any atom is -0.353 e. The largest absolute Gasteiger partial charge is 0.353 e. The number of amides is 1. The van der Waals surface area contributed by atoms with Gasteiger partial charge in [-0.1, -0.05) is 27.7 Å². The lowest BCUT2D eigenvalue weighted by molar-refractivity contribution is -0.126. The molecule has 3 heteroatoms. The van der Waals surface area contributed by atoms with Crippen molar-refractivity contribution in [3.05, 3.63) is 0 Å². The Morgan fingerprint density at radius 3 is 2.47 bits per heavy atom. The van der Waals surface area contributed by atoms with Gasteiger partial charge in [0.25, 0.3) is 0 Å². The van der Waals surface area contributed by atoms with Gasteiger partial charge in [-0.2, -0.15) is 0 Å². The molecular weight excluding hydrogens is 188 g/mol. The number of hydrogen-bond acceptors (Lipinski definition) is 2. The summed E-state index contributed by atoms with van der Waals surface area (Å²) in [7, 11) is 0. The molecule has 88 valence electrons. The zero-order chi connectivity index (χ0) is 11.5. The Kier molecular flexibility index (Phi) is 4.14. The molecule has 0 aromatic rings. The number of rotatable bonds is 4. The Morgan fingerprint density at radius 2 is 2.00 bits per heavy atom. The first-order chi connectivity index (χ1) is 7.03. The summed E-state index contributed by atoms with van der Waals surface area (Å²) in [6.07, 6.45) is 3.06. The summed E-state index contributed by atoms with van der Waals surface area (Å²) in [5, 5.41) is 6.56.